The molecule has 3 rings (SSSR count). The average molecular weight is 321 g/mol. The Kier molecular flexibility index (Phi) is 5.26. The first-order chi connectivity index (χ1) is 10.7. The van der Waals surface area contributed by atoms with Crippen LogP contribution in [0.25, 0.3) is 11.0 Å². The fraction of sp³-hybridized carbons (Fsp3) is 0.231. The average Bonchev–Trinajstić information content (AvgIpc) is 3.11. The van der Waals surface area contributed by atoms with Gasteiger partial charge in [-0.3, -0.25) is 14.2 Å². The highest BCUT2D eigenvalue weighted by Crippen LogP contribution is 2.12. The fourth-order valence-electron chi connectivity index (χ4n) is 2.00. The molecule has 116 valence electrons. The molecule has 0 aliphatic carbocycles. The fourth-order valence-corrected chi connectivity index (χ4v) is 2.59. The molecule has 9 heteroatoms. The second-order valence-electron chi connectivity index (χ2n) is 4.37. The van der Waals surface area contributed by atoms with Crippen LogP contribution < -0.4 is 11.3 Å². The number of H-pyrrole nitrogens is 1. The minimum Gasteiger partial charge on any atom is -0.483 e. The first-order valence-corrected chi connectivity index (χ1v) is 7.34. The maximum absolute atomic E-state index is 12.1. The van der Waals surface area contributed by atoms with Gasteiger partial charge in [0.2, 0.25) is 0 Å². The molecule has 3 aromatic rings. The highest BCUT2D eigenvalue weighted by molar-refractivity contribution is 7.13. The van der Waals surface area contributed by atoms with E-state index in [9.17, 15) is 4.79 Å². The molecule has 0 aromatic carbocycles. The zero-order valence-corrected chi connectivity index (χ0v) is 12.4. The summed E-state index contributed by atoms with van der Waals surface area (Å²) in [6.45, 7) is 0.373. The van der Waals surface area contributed by atoms with Crippen LogP contribution >= 0.6 is 11.3 Å². The van der Waals surface area contributed by atoms with Crippen molar-refractivity contribution in [1.82, 2.24) is 19.5 Å². The topological polar surface area (TPSA) is 127 Å². The number of fused-ring (bicyclic) bond motifs is 1. The molecule has 8 nitrogen and oxygen atoms in total. The van der Waals surface area contributed by atoms with Gasteiger partial charge in [0, 0.05) is 18.1 Å². The Hall–Kier alpha value is -2.68. The lowest BCUT2D eigenvalue weighted by Crippen LogP contribution is -2.20. The second kappa shape index (κ2) is 7.36. The summed E-state index contributed by atoms with van der Waals surface area (Å²) in [5.41, 5.74) is 7.77. The van der Waals surface area contributed by atoms with Gasteiger partial charge in [-0.2, -0.15) is 0 Å². The van der Waals surface area contributed by atoms with Crippen LogP contribution in [0.15, 0.2) is 28.8 Å². The number of aryl methyl sites for hydroxylation is 2. The van der Waals surface area contributed by atoms with E-state index < -0.39 is 0 Å². The lowest BCUT2D eigenvalue weighted by atomic mass is 10.2. The van der Waals surface area contributed by atoms with E-state index in [0.717, 1.165) is 18.5 Å². The highest BCUT2D eigenvalue weighted by Gasteiger charge is 2.05. The van der Waals surface area contributed by atoms with Crippen molar-refractivity contribution in [3.8, 4) is 0 Å². The van der Waals surface area contributed by atoms with E-state index in [-0.39, 0.29) is 12.0 Å². The minimum absolute atomic E-state index is 0.0345. The number of hydrogen-bond acceptors (Lipinski definition) is 6. The highest BCUT2D eigenvalue weighted by atomic mass is 32.1. The van der Waals surface area contributed by atoms with E-state index >= 15 is 0 Å². The molecule has 0 aliphatic heterocycles. The number of thiazole rings is 1. The normalized spacial score (nSPS) is 10.2. The van der Waals surface area contributed by atoms with E-state index in [2.05, 4.69) is 15.0 Å². The molecule has 0 radical (unpaired) electrons. The predicted molar refractivity (Wildman–Crippen MR) is 83.9 cm³/mol. The maximum atomic E-state index is 12.1. The van der Waals surface area contributed by atoms with Crippen molar-refractivity contribution in [2.24, 2.45) is 0 Å². The summed E-state index contributed by atoms with van der Waals surface area (Å²) >= 11 is 1.44. The van der Waals surface area contributed by atoms with Gasteiger partial charge in [-0.25, -0.2) is 9.97 Å². The summed E-state index contributed by atoms with van der Waals surface area (Å²) in [7, 11) is 0. The predicted octanol–water partition coefficient (Wildman–Crippen LogP) is 1.10. The van der Waals surface area contributed by atoms with Crippen LogP contribution in [0.2, 0.25) is 0 Å². The standard InChI is InChI=1S/C12H13N5OS.CH2O2/c13-12-16-8(6-19-12)2-1-5-17-7-15-9-3-4-14-10(9)11(17)18;2-1-3/h3-4,6-7,14H,1-2,5H2,(H2,13,16);1H,(H,2,3). The van der Waals surface area contributed by atoms with Gasteiger partial charge in [0.05, 0.1) is 17.5 Å². The van der Waals surface area contributed by atoms with Crippen LogP contribution in [0, 0.1) is 0 Å². The lowest BCUT2D eigenvalue weighted by molar-refractivity contribution is -0.122. The zero-order valence-electron chi connectivity index (χ0n) is 11.6. The van der Waals surface area contributed by atoms with Crippen LogP contribution in [0.3, 0.4) is 0 Å². The third-order valence-corrected chi connectivity index (χ3v) is 3.66. The largest absolute Gasteiger partial charge is 0.483 e. The molecule has 0 amide bonds. The number of anilines is 1. The number of carboxylic acid groups (broad SMARTS) is 1. The van der Waals surface area contributed by atoms with E-state index in [1.165, 1.54) is 11.3 Å². The van der Waals surface area contributed by atoms with Crippen LogP contribution in [0.1, 0.15) is 12.1 Å². The number of nitrogens with zero attached hydrogens (tertiary/aromatic N) is 3. The molecule has 3 heterocycles. The van der Waals surface area contributed by atoms with Crippen molar-refractivity contribution < 1.29 is 9.90 Å². The molecule has 0 aliphatic rings. The SMILES string of the molecule is Nc1nc(CCCn2cnc3cc[nH]c3c2=O)cs1.O=CO. The summed E-state index contributed by atoms with van der Waals surface area (Å²) in [5, 5.41) is 9.42. The second-order valence-corrected chi connectivity index (χ2v) is 5.26. The van der Waals surface area contributed by atoms with Crippen molar-refractivity contribution in [3.05, 3.63) is 40.0 Å². The first-order valence-electron chi connectivity index (χ1n) is 6.46. The Bertz CT molecular complexity index is 807. The Morgan fingerprint density at radius 2 is 2.27 bits per heavy atom. The van der Waals surface area contributed by atoms with Gasteiger partial charge >= 0.3 is 0 Å². The van der Waals surface area contributed by atoms with E-state index in [1.807, 2.05) is 5.38 Å². The molecule has 0 spiro atoms. The number of aromatic amines is 1. The molecule has 0 saturated heterocycles. The van der Waals surface area contributed by atoms with Crippen molar-refractivity contribution in [1.29, 1.82) is 0 Å². The van der Waals surface area contributed by atoms with Crippen molar-refractivity contribution >= 4 is 34.0 Å². The van der Waals surface area contributed by atoms with Crippen molar-refractivity contribution in [2.75, 3.05) is 5.73 Å². The molecule has 3 aromatic heterocycles. The van der Waals surface area contributed by atoms with Gasteiger partial charge in [0.1, 0.15) is 5.52 Å². The van der Waals surface area contributed by atoms with Crippen molar-refractivity contribution in [2.45, 2.75) is 19.4 Å². The number of aromatic nitrogens is 4. The molecule has 4 N–H and O–H groups in total. The summed E-state index contributed by atoms with van der Waals surface area (Å²) in [6, 6.07) is 1.79. The molecule has 0 bridgehead atoms. The Morgan fingerprint density at radius 1 is 1.50 bits per heavy atom. The quantitative estimate of drug-likeness (QED) is 0.617. The summed E-state index contributed by atoms with van der Waals surface area (Å²) in [5.74, 6) is 0. The number of nitrogens with one attached hydrogen (secondary N) is 1. The first kappa shape index (κ1) is 15.7. The van der Waals surface area contributed by atoms with Gasteiger partial charge in [0.15, 0.2) is 5.13 Å². The molecule has 0 saturated carbocycles. The van der Waals surface area contributed by atoms with Gasteiger partial charge in [-0.15, -0.1) is 11.3 Å². The van der Waals surface area contributed by atoms with Crippen LogP contribution in [0.4, 0.5) is 5.13 Å². The maximum Gasteiger partial charge on any atom is 0.290 e. The van der Waals surface area contributed by atoms with Gasteiger partial charge in [-0.05, 0) is 18.9 Å². The Labute approximate surface area is 129 Å². The Morgan fingerprint density at radius 3 is 2.95 bits per heavy atom. The minimum atomic E-state index is -0.250. The molecule has 0 fully saturated rings. The molecule has 22 heavy (non-hydrogen) atoms. The van der Waals surface area contributed by atoms with Gasteiger partial charge in [0.25, 0.3) is 12.0 Å². The Balaban J connectivity index is 0.000000545. The smallest absolute Gasteiger partial charge is 0.290 e. The van der Waals surface area contributed by atoms with Crippen LogP contribution in [-0.2, 0) is 17.8 Å². The molecule has 0 atom stereocenters. The molecule has 0 unspecified atom stereocenters. The third kappa shape index (κ3) is 3.70. The van der Waals surface area contributed by atoms with Crippen molar-refractivity contribution in [3.63, 3.8) is 0 Å². The zero-order chi connectivity index (χ0) is 15.9. The van der Waals surface area contributed by atoms with E-state index in [1.54, 1.807) is 23.2 Å². The number of hydrogen-bond donors (Lipinski definition) is 3. The lowest BCUT2D eigenvalue weighted by Gasteiger charge is -2.03. The molecular weight excluding hydrogens is 306 g/mol. The number of rotatable bonds is 4. The van der Waals surface area contributed by atoms with E-state index in [0.29, 0.717) is 22.7 Å². The van der Waals surface area contributed by atoms with Gasteiger partial charge in [-0.1, -0.05) is 0 Å². The van der Waals surface area contributed by atoms with Gasteiger partial charge < -0.3 is 15.8 Å². The number of nitrogens with two attached hydrogens (primary N) is 1. The summed E-state index contributed by atoms with van der Waals surface area (Å²) < 4.78 is 1.62. The van der Waals surface area contributed by atoms with Crippen LogP contribution in [-0.4, -0.2) is 31.1 Å². The summed E-state index contributed by atoms with van der Waals surface area (Å²) in [6.07, 6.45) is 4.95. The monoisotopic (exact) mass is 321 g/mol. The van der Waals surface area contributed by atoms with Crippen LogP contribution in [0.5, 0.6) is 0 Å². The number of carbonyl (C=O) groups is 1. The molecular formula is C13H15N5O3S. The number of nitrogen functional groups attached to an aromatic ring is 1. The third-order valence-electron chi connectivity index (χ3n) is 2.94. The van der Waals surface area contributed by atoms with E-state index in [4.69, 9.17) is 15.6 Å². The summed E-state index contributed by atoms with van der Waals surface area (Å²) in [4.78, 5) is 31.8.